The van der Waals surface area contributed by atoms with Gasteiger partial charge in [-0.25, -0.2) is 14.6 Å². The van der Waals surface area contributed by atoms with Crippen LogP contribution >= 0.6 is 0 Å². The SMILES string of the molecule is COC1Cc2ccccc2C1NC(=O)c1nn(C2CCC(N)C2)c2ncncc12. The number of methoxy groups -OCH3 is 1. The molecule has 29 heavy (non-hydrogen) atoms. The van der Waals surface area contributed by atoms with Crippen LogP contribution in [0.5, 0.6) is 0 Å². The molecule has 2 heterocycles. The number of hydrogen-bond donors (Lipinski definition) is 2. The highest BCUT2D eigenvalue weighted by atomic mass is 16.5. The van der Waals surface area contributed by atoms with Gasteiger partial charge in [0, 0.05) is 25.8 Å². The van der Waals surface area contributed by atoms with Crippen LogP contribution in [0, 0.1) is 0 Å². The number of carbonyl (C=O) groups excluding carboxylic acids is 1. The lowest BCUT2D eigenvalue weighted by Gasteiger charge is -2.20. The highest BCUT2D eigenvalue weighted by Gasteiger charge is 2.35. The van der Waals surface area contributed by atoms with E-state index in [2.05, 4.69) is 26.4 Å². The normalized spacial score (nSPS) is 26.0. The zero-order valence-corrected chi connectivity index (χ0v) is 16.3. The van der Waals surface area contributed by atoms with Crippen LogP contribution in [-0.2, 0) is 11.2 Å². The minimum Gasteiger partial charge on any atom is -0.379 e. The summed E-state index contributed by atoms with van der Waals surface area (Å²) in [7, 11) is 1.68. The Labute approximate surface area is 168 Å². The molecule has 5 rings (SSSR count). The smallest absolute Gasteiger partial charge is 0.273 e. The predicted molar refractivity (Wildman–Crippen MR) is 107 cm³/mol. The van der Waals surface area contributed by atoms with E-state index in [-0.39, 0.29) is 30.1 Å². The summed E-state index contributed by atoms with van der Waals surface area (Å²) < 4.78 is 7.51. The molecule has 2 aliphatic carbocycles. The van der Waals surface area contributed by atoms with Crippen molar-refractivity contribution in [2.75, 3.05) is 7.11 Å². The lowest BCUT2D eigenvalue weighted by Crippen LogP contribution is -2.35. The Morgan fingerprint density at radius 3 is 2.97 bits per heavy atom. The van der Waals surface area contributed by atoms with E-state index >= 15 is 0 Å². The molecule has 4 unspecified atom stereocenters. The summed E-state index contributed by atoms with van der Waals surface area (Å²) in [6.07, 6.45) is 6.54. The largest absolute Gasteiger partial charge is 0.379 e. The number of nitrogens with zero attached hydrogens (tertiary/aromatic N) is 4. The van der Waals surface area contributed by atoms with E-state index in [1.165, 1.54) is 11.9 Å². The third-order valence-electron chi connectivity index (χ3n) is 6.15. The number of rotatable bonds is 4. The summed E-state index contributed by atoms with van der Waals surface area (Å²) in [6.45, 7) is 0. The van der Waals surface area contributed by atoms with Gasteiger partial charge in [-0.15, -0.1) is 0 Å². The Hall–Kier alpha value is -2.84. The third kappa shape index (κ3) is 3.08. The second kappa shape index (κ2) is 7.20. The van der Waals surface area contributed by atoms with E-state index in [1.807, 2.05) is 22.9 Å². The second-order valence-corrected chi connectivity index (χ2v) is 7.91. The van der Waals surface area contributed by atoms with Crippen molar-refractivity contribution in [1.82, 2.24) is 25.1 Å². The van der Waals surface area contributed by atoms with Crippen molar-refractivity contribution in [2.45, 2.75) is 49.9 Å². The molecule has 150 valence electrons. The molecule has 1 fully saturated rings. The van der Waals surface area contributed by atoms with Crippen LogP contribution in [0.15, 0.2) is 36.8 Å². The number of fused-ring (bicyclic) bond motifs is 2. The first-order valence-electron chi connectivity index (χ1n) is 10.0. The molecule has 2 aliphatic rings. The number of amides is 1. The van der Waals surface area contributed by atoms with Crippen LogP contribution in [0.1, 0.15) is 53.0 Å². The fourth-order valence-electron chi connectivity index (χ4n) is 4.68. The molecule has 8 nitrogen and oxygen atoms in total. The number of aromatic nitrogens is 4. The zero-order chi connectivity index (χ0) is 20.0. The van der Waals surface area contributed by atoms with Crippen LogP contribution in [0.4, 0.5) is 0 Å². The molecule has 1 amide bonds. The Morgan fingerprint density at radius 2 is 2.17 bits per heavy atom. The van der Waals surface area contributed by atoms with E-state index in [9.17, 15) is 4.79 Å². The number of nitrogens with one attached hydrogen (secondary N) is 1. The Bertz CT molecular complexity index is 1060. The predicted octanol–water partition coefficient (Wildman–Crippen LogP) is 1.92. The van der Waals surface area contributed by atoms with Crippen LogP contribution in [0.3, 0.4) is 0 Å². The number of benzene rings is 1. The molecule has 8 heteroatoms. The lowest BCUT2D eigenvalue weighted by molar-refractivity contribution is 0.0676. The minimum atomic E-state index is -0.241. The molecule has 0 aliphatic heterocycles. The van der Waals surface area contributed by atoms with Gasteiger partial charge in [0.25, 0.3) is 5.91 Å². The Balaban J connectivity index is 1.49. The molecule has 4 atom stereocenters. The standard InChI is InChI=1S/C21H24N6O2/c1-29-17-8-12-4-2-3-5-15(12)18(17)25-21(28)19-16-10-23-11-24-20(16)27(26-19)14-7-6-13(22)9-14/h2-5,10-11,13-14,17-18H,6-9,22H2,1H3,(H,25,28). The highest BCUT2D eigenvalue weighted by molar-refractivity contribution is 6.04. The molecule has 2 aromatic heterocycles. The van der Waals surface area contributed by atoms with Crippen LogP contribution < -0.4 is 11.1 Å². The quantitative estimate of drug-likeness (QED) is 0.702. The topological polar surface area (TPSA) is 108 Å². The van der Waals surface area contributed by atoms with Gasteiger partial charge in [0.05, 0.1) is 23.6 Å². The van der Waals surface area contributed by atoms with Crippen molar-refractivity contribution < 1.29 is 9.53 Å². The first-order valence-corrected chi connectivity index (χ1v) is 10.0. The number of carbonyl (C=O) groups is 1. The maximum atomic E-state index is 13.3. The fraction of sp³-hybridized carbons (Fsp3) is 0.429. The van der Waals surface area contributed by atoms with Crippen molar-refractivity contribution >= 4 is 16.9 Å². The number of hydrogen-bond acceptors (Lipinski definition) is 6. The van der Waals surface area contributed by atoms with Gasteiger partial charge in [0.1, 0.15) is 6.33 Å². The van der Waals surface area contributed by atoms with Gasteiger partial charge in [-0.05, 0) is 30.4 Å². The van der Waals surface area contributed by atoms with Crippen molar-refractivity contribution in [3.8, 4) is 0 Å². The van der Waals surface area contributed by atoms with E-state index in [1.54, 1.807) is 13.3 Å². The van der Waals surface area contributed by atoms with Gasteiger partial charge in [-0.1, -0.05) is 24.3 Å². The van der Waals surface area contributed by atoms with Gasteiger partial charge in [0.2, 0.25) is 0 Å². The molecule has 0 spiro atoms. The minimum absolute atomic E-state index is 0.103. The summed E-state index contributed by atoms with van der Waals surface area (Å²) in [4.78, 5) is 21.8. The van der Waals surface area contributed by atoms with E-state index in [4.69, 9.17) is 10.5 Å². The van der Waals surface area contributed by atoms with Gasteiger partial charge >= 0.3 is 0 Å². The molecule has 3 aromatic rings. The molecular weight excluding hydrogens is 368 g/mol. The molecular formula is C21H24N6O2. The fourth-order valence-corrected chi connectivity index (χ4v) is 4.68. The van der Waals surface area contributed by atoms with E-state index in [0.717, 1.165) is 31.2 Å². The Kier molecular flexibility index (Phi) is 4.52. The highest BCUT2D eigenvalue weighted by Crippen LogP contribution is 2.34. The average molecular weight is 392 g/mol. The van der Waals surface area contributed by atoms with Gasteiger partial charge in [-0.3, -0.25) is 4.79 Å². The molecule has 0 saturated heterocycles. The molecule has 0 radical (unpaired) electrons. The molecule has 1 saturated carbocycles. The van der Waals surface area contributed by atoms with Crippen molar-refractivity contribution in [2.24, 2.45) is 5.73 Å². The van der Waals surface area contributed by atoms with Gasteiger partial charge < -0.3 is 15.8 Å². The molecule has 1 aromatic carbocycles. The average Bonchev–Trinajstić information content (AvgIpc) is 3.43. The monoisotopic (exact) mass is 392 g/mol. The zero-order valence-electron chi connectivity index (χ0n) is 16.3. The van der Waals surface area contributed by atoms with E-state index < -0.39 is 0 Å². The maximum Gasteiger partial charge on any atom is 0.273 e. The summed E-state index contributed by atoms with van der Waals surface area (Å²) in [6, 6.07) is 8.21. The summed E-state index contributed by atoms with van der Waals surface area (Å²) in [5.41, 5.74) is 9.41. The van der Waals surface area contributed by atoms with Gasteiger partial charge in [-0.2, -0.15) is 5.10 Å². The van der Waals surface area contributed by atoms with E-state index in [0.29, 0.717) is 16.7 Å². The first-order chi connectivity index (χ1) is 14.2. The number of nitrogens with two attached hydrogens (primary N) is 1. The van der Waals surface area contributed by atoms with Crippen molar-refractivity contribution in [3.05, 3.63) is 53.6 Å². The number of ether oxygens (including phenoxy) is 1. The van der Waals surface area contributed by atoms with Crippen LogP contribution in [0.2, 0.25) is 0 Å². The molecule has 3 N–H and O–H groups in total. The Morgan fingerprint density at radius 1 is 1.31 bits per heavy atom. The van der Waals surface area contributed by atoms with Crippen molar-refractivity contribution in [3.63, 3.8) is 0 Å². The lowest BCUT2D eigenvalue weighted by atomic mass is 10.1. The summed E-state index contributed by atoms with van der Waals surface area (Å²) in [5.74, 6) is -0.241. The molecule has 0 bridgehead atoms. The maximum absolute atomic E-state index is 13.3. The summed E-state index contributed by atoms with van der Waals surface area (Å²) >= 11 is 0. The second-order valence-electron chi connectivity index (χ2n) is 7.91. The van der Waals surface area contributed by atoms with Gasteiger partial charge in [0.15, 0.2) is 11.3 Å². The summed E-state index contributed by atoms with van der Waals surface area (Å²) in [5, 5.41) is 8.46. The third-order valence-corrected chi connectivity index (χ3v) is 6.15. The van der Waals surface area contributed by atoms with Crippen molar-refractivity contribution in [1.29, 1.82) is 0 Å². The first kappa shape index (κ1) is 18.2. The van der Waals surface area contributed by atoms with Crippen LogP contribution in [0.25, 0.3) is 11.0 Å². The van der Waals surface area contributed by atoms with Crippen LogP contribution in [-0.4, -0.2) is 44.9 Å².